The fourth-order valence-electron chi connectivity index (χ4n) is 2.99. The van der Waals surface area contributed by atoms with Gasteiger partial charge in [-0.15, -0.1) is 0 Å². The van der Waals surface area contributed by atoms with Crippen molar-refractivity contribution in [3.8, 4) is 0 Å². The van der Waals surface area contributed by atoms with Crippen LogP contribution in [0.25, 0.3) is 0 Å². The molecule has 0 saturated carbocycles. The highest BCUT2D eigenvalue weighted by Gasteiger charge is 2.33. The van der Waals surface area contributed by atoms with Gasteiger partial charge in [0.25, 0.3) is 0 Å². The van der Waals surface area contributed by atoms with Crippen LogP contribution in [0.5, 0.6) is 0 Å². The molecule has 0 aromatic heterocycles. The first-order valence-electron chi connectivity index (χ1n) is 6.36. The summed E-state index contributed by atoms with van der Waals surface area (Å²) in [6.45, 7) is 6.77. The Morgan fingerprint density at radius 2 is 2.25 bits per heavy atom. The van der Waals surface area contributed by atoms with E-state index in [2.05, 4.69) is 16.7 Å². The molecule has 2 atom stereocenters. The third-order valence-electron chi connectivity index (χ3n) is 3.90. The zero-order valence-electron chi connectivity index (χ0n) is 10.1. The summed E-state index contributed by atoms with van der Waals surface area (Å²) in [6, 6.07) is 1.32. The van der Waals surface area contributed by atoms with Crippen LogP contribution in [0.3, 0.4) is 0 Å². The molecule has 2 aliphatic rings. The Morgan fingerprint density at radius 1 is 1.44 bits per heavy atom. The molecule has 1 N–H and O–H groups in total. The van der Waals surface area contributed by atoms with Gasteiger partial charge in [0.1, 0.15) is 0 Å². The Hall–Kier alpha value is -0.610. The van der Waals surface area contributed by atoms with E-state index in [9.17, 15) is 4.79 Å². The van der Waals surface area contributed by atoms with Crippen LogP contribution >= 0.6 is 0 Å². The Labute approximate surface area is 97.2 Å². The van der Waals surface area contributed by atoms with Crippen molar-refractivity contribution in [2.75, 3.05) is 26.2 Å². The molecule has 4 heteroatoms. The SMILES string of the molecule is CC1CN2CCCC2CN1CCCC(=O)O. The third-order valence-corrected chi connectivity index (χ3v) is 3.90. The van der Waals surface area contributed by atoms with Gasteiger partial charge in [0.05, 0.1) is 0 Å². The summed E-state index contributed by atoms with van der Waals surface area (Å²) in [5.74, 6) is -0.674. The number of carbonyl (C=O) groups is 1. The average molecular weight is 226 g/mol. The highest BCUT2D eigenvalue weighted by molar-refractivity contribution is 5.66. The van der Waals surface area contributed by atoms with Gasteiger partial charge in [-0.3, -0.25) is 14.6 Å². The minimum atomic E-state index is -0.674. The van der Waals surface area contributed by atoms with Gasteiger partial charge in [0.15, 0.2) is 0 Å². The lowest BCUT2D eigenvalue weighted by atomic mass is 10.1. The maximum Gasteiger partial charge on any atom is 0.303 e. The number of aliphatic carboxylic acids is 1. The quantitative estimate of drug-likeness (QED) is 0.777. The summed E-state index contributed by atoms with van der Waals surface area (Å²) in [6.07, 6.45) is 3.74. The number of hydrogen-bond donors (Lipinski definition) is 1. The molecule has 0 bridgehead atoms. The predicted octanol–water partition coefficient (Wildman–Crippen LogP) is 1.02. The number of rotatable bonds is 4. The second-order valence-electron chi connectivity index (χ2n) is 5.13. The van der Waals surface area contributed by atoms with Crippen LogP contribution < -0.4 is 0 Å². The molecule has 2 rings (SSSR count). The fourth-order valence-corrected chi connectivity index (χ4v) is 2.99. The first-order chi connectivity index (χ1) is 7.66. The zero-order valence-corrected chi connectivity index (χ0v) is 10.1. The summed E-state index contributed by atoms with van der Waals surface area (Å²) in [5.41, 5.74) is 0. The van der Waals surface area contributed by atoms with E-state index in [4.69, 9.17) is 5.11 Å². The molecule has 2 saturated heterocycles. The van der Waals surface area contributed by atoms with Gasteiger partial charge in [-0.05, 0) is 39.3 Å². The van der Waals surface area contributed by atoms with Crippen molar-refractivity contribution in [3.63, 3.8) is 0 Å². The van der Waals surface area contributed by atoms with E-state index < -0.39 is 5.97 Å². The molecule has 0 radical (unpaired) electrons. The van der Waals surface area contributed by atoms with E-state index in [-0.39, 0.29) is 0 Å². The van der Waals surface area contributed by atoms with Crippen molar-refractivity contribution < 1.29 is 9.90 Å². The lowest BCUT2D eigenvalue weighted by molar-refractivity contribution is -0.137. The predicted molar refractivity (Wildman–Crippen MR) is 62.5 cm³/mol. The van der Waals surface area contributed by atoms with E-state index >= 15 is 0 Å². The van der Waals surface area contributed by atoms with Crippen molar-refractivity contribution in [2.24, 2.45) is 0 Å². The molecule has 4 nitrogen and oxygen atoms in total. The van der Waals surface area contributed by atoms with E-state index in [1.807, 2.05) is 0 Å². The molecule has 0 aromatic carbocycles. The molecule has 2 heterocycles. The number of carboxylic acid groups (broad SMARTS) is 1. The van der Waals surface area contributed by atoms with Gasteiger partial charge in [0.2, 0.25) is 0 Å². The first kappa shape index (κ1) is 11.9. The standard InChI is InChI=1S/C12H22N2O2/c1-10-8-14-7-2-4-11(14)9-13(10)6-3-5-12(15)16/h10-11H,2-9H2,1H3,(H,15,16). The summed E-state index contributed by atoms with van der Waals surface area (Å²) in [7, 11) is 0. The lowest BCUT2D eigenvalue weighted by Crippen LogP contribution is -2.55. The van der Waals surface area contributed by atoms with Gasteiger partial charge in [0, 0.05) is 31.6 Å². The Bertz CT molecular complexity index is 257. The highest BCUT2D eigenvalue weighted by Crippen LogP contribution is 2.24. The van der Waals surface area contributed by atoms with Gasteiger partial charge in [-0.1, -0.05) is 0 Å². The normalized spacial score (nSPS) is 31.6. The summed E-state index contributed by atoms with van der Waals surface area (Å²) in [4.78, 5) is 15.5. The van der Waals surface area contributed by atoms with Crippen LogP contribution in [0, 0.1) is 0 Å². The molecule has 2 fully saturated rings. The Balaban J connectivity index is 1.78. The van der Waals surface area contributed by atoms with Gasteiger partial charge < -0.3 is 5.11 Å². The van der Waals surface area contributed by atoms with Gasteiger partial charge in [-0.2, -0.15) is 0 Å². The Kier molecular flexibility index (Phi) is 3.82. The molecule has 2 aliphatic heterocycles. The largest absolute Gasteiger partial charge is 0.481 e. The lowest BCUT2D eigenvalue weighted by Gasteiger charge is -2.42. The second kappa shape index (κ2) is 5.15. The monoisotopic (exact) mass is 226 g/mol. The van der Waals surface area contributed by atoms with E-state index in [1.54, 1.807) is 0 Å². The summed E-state index contributed by atoms with van der Waals surface area (Å²) < 4.78 is 0. The summed E-state index contributed by atoms with van der Waals surface area (Å²) in [5, 5.41) is 8.63. The zero-order chi connectivity index (χ0) is 11.5. The molecule has 0 aliphatic carbocycles. The van der Waals surface area contributed by atoms with Gasteiger partial charge >= 0.3 is 5.97 Å². The van der Waals surface area contributed by atoms with Crippen LogP contribution in [-0.4, -0.2) is 59.1 Å². The molecule has 16 heavy (non-hydrogen) atoms. The van der Waals surface area contributed by atoms with Crippen molar-refractivity contribution in [1.82, 2.24) is 9.80 Å². The number of hydrogen-bond acceptors (Lipinski definition) is 3. The second-order valence-corrected chi connectivity index (χ2v) is 5.13. The van der Waals surface area contributed by atoms with Crippen LogP contribution in [0.2, 0.25) is 0 Å². The fraction of sp³-hybridized carbons (Fsp3) is 0.917. The van der Waals surface area contributed by atoms with Crippen molar-refractivity contribution in [1.29, 1.82) is 0 Å². The molecular weight excluding hydrogens is 204 g/mol. The van der Waals surface area contributed by atoms with Crippen molar-refractivity contribution in [3.05, 3.63) is 0 Å². The molecule has 2 unspecified atom stereocenters. The number of fused-ring (bicyclic) bond motifs is 1. The molecule has 0 spiro atoms. The number of carboxylic acids is 1. The van der Waals surface area contributed by atoms with Crippen molar-refractivity contribution in [2.45, 2.75) is 44.7 Å². The number of nitrogens with zero attached hydrogens (tertiary/aromatic N) is 2. The first-order valence-corrected chi connectivity index (χ1v) is 6.36. The van der Waals surface area contributed by atoms with Crippen molar-refractivity contribution >= 4 is 5.97 Å². The minimum absolute atomic E-state index is 0.303. The number of piperazine rings is 1. The van der Waals surface area contributed by atoms with Crippen LogP contribution in [-0.2, 0) is 4.79 Å². The van der Waals surface area contributed by atoms with E-state index in [0.29, 0.717) is 12.5 Å². The smallest absolute Gasteiger partial charge is 0.303 e. The third kappa shape index (κ3) is 2.74. The van der Waals surface area contributed by atoms with E-state index in [0.717, 1.165) is 32.1 Å². The Morgan fingerprint density at radius 3 is 3.00 bits per heavy atom. The molecule has 92 valence electrons. The maximum absolute atomic E-state index is 10.5. The van der Waals surface area contributed by atoms with E-state index in [1.165, 1.54) is 19.4 Å². The van der Waals surface area contributed by atoms with Crippen LogP contribution in [0.4, 0.5) is 0 Å². The maximum atomic E-state index is 10.5. The molecule has 0 amide bonds. The summed E-state index contributed by atoms with van der Waals surface area (Å²) >= 11 is 0. The van der Waals surface area contributed by atoms with Gasteiger partial charge in [-0.25, -0.2) is 0 Å². The topological polar surface area (TPSA) is 43.8 Å². The molecule has 0 aromatic rings. The van der Waals surface area contributed by atoms with Crippen LogP contribution in [0.15, 0.2) is 0 Å². The average Bonchev–Trinajstić information content (AvgIpc) is 2.64. The molecular formula is C12H22N2O2. The van der Waals surface area contributed by atoms with Crippen LogP contribution in [0.1, 0.15) is 32.6 Å². The minimum Gasteiger partial charge on any atom is -0.481 e. The highest BCUT2D eigenvalue weighted by atomic mass is 16.4.